The molecule has 6 nitrogen and oxygen atoms in total. The van der Waals surface area contributed by atoms with Crippen LogP contribution in [0.5, 0.6) is 0 Å². The van der Waals surface area contributed by atoms with E-state index < -0.39 is 21.7 Å². The second kappa shape index (κ2) is 7.71. The number of fused-ring (bicyclic) bond motifs is 1. The molecule has 2 atom stereocenters. The van der Waals surface area contributed by atoms with Gasteiger partial charge in [-0.25, -0.2) is 8.42 Å². The Balaban J connectivity index is 1.86. The number of hydrogen-bond acceptors (Lipinski definition) is 5. The Morgan fingerprint density at radius 2 is 2.00 bits per heavy atom. The number of aliphatic carboxylic acids is 1. The molecule has 1 heterocycles. The van der Waals surface area contributed by atoms with Gasteiger partial charge in [0, 0.05) is 24.2 Å². The molecule has 0 saturated heterocycles. The third-order valence-electron chi connectivity index (χ3n) is 5.49. The van der Waals surface area contributed by atoms with Crippen molar-refractivity contribution in [2.24, 2.45) is 11.3 Å². The fourth-order valence-electron chi connectivity index (χ4n) is 3.75. The number of carboxylic acids is 1. The second-order valence-corrected chi connectivity index (χ2v) is 10.6. The topological polar surface area (TPSA) is 95.5 Å². The highest BCUT2D eigenvalue weighted by atomic mass is 32.2. The molecule has 0 bridgehead atoms. The van der Waals surface area contributed by atoms with Gasteiger partial charge in [-0.05, 0) is 53.3 Å². The number of benzene rings is 2. The van der Waals surface area contributed by atoms with Gasteiger partial charge in [-0.1, -0.05) is 32.9 Å². The smallest absolute Gasteiger partial charge is 0.308 e. The zero-order valence-corrected chi connectivity index (χ0v) is 18.0. The van der Waals surface area contributed by atoms with Crippen LogP contribution in [0.25, 0.3) is 0 Å². The van der Waals surface area contributed by atoms with Crippen LogP contribution in [0.4, 0.5) is 11.4 Å². The summed E-state index contributed by atoms with van der Waals surface area (Å²) in [5.41, 5.74) is 3.78. The maximum atomic E-state index is 11.9. The van der Waals surface area contributed by atoms with Crippen molar-refractivity contribution in [3.05, 3.63) is 53.6 Å². The van der Waals surface area contributed by atoms with Crippen LogP contribution < -0.4 is 10.6 Å². The minimum atomic E-state index is -3.24. The monoisotopic (exact) mass is 416 g/mol. The van der Waals surface area contributed by atoms with Crippen LogP contribution in [0.2, 0.25) is 0 Å². The lowest BCUT2D eigenvalue weighted by molar-refractivity contribution is -0.140. The van der Waals surface area contributed by atoms with Gasteiger partial charge in [0.25, 0.3) is 0 Å². The molecule has 0 spiro atoms. The van der Waals surface area contributed by atoms with Crippen LogP contribution in [0.3, 0.4) is 0 Å². The van der Waals surface area contributed by atoms with E-state index in [0.29, 0.717) is 11.4 Å². The molecule has 29 heavy (non-hydrogen) atoms. The van der Waals surface area contributed by atoms with E-state index in [1.54, 1.807) is 19.1 Å². The van der Waals surface area contributed by atoms with Crippen LogP contribution in [0.15, 0.2) is 47.4 Å². The van der Waals surface area contributed by atoms with E-state index in [1.165, 1.54) is 6.26 Å². The number of sulfone groups is 1. The largest absolute Gasteiger partial charge is 0.481 e. The summed E-state index contributed by atoms with van der Waals surface area (Å²) in [6, 6.07) is 13.3. The van der Waals surface area contributed by atoms with E-state index >= 15 is 0 Å². The first kappa shape index (κ1) is 21.2. The number of nitrogens with one attached hydrogen (secondary N) is 2. The molecule has 2 unspecified atom stereocenters. The van der Waals surface area contributed by atoms with Gasteiger partial charge < -0.3 is 15.7 Å². The first-order chi connectivity index (χ1) is 13.5. The Hall–Kier alpha value is -2.54. The van der Waals surface area contributed by atoms with E-state index in [-0.39, 0.29) is 11.5 Å². The van der Waals surface area contributed by atoms with Crippen LogP contribution in [0, 0.1) is 11.3 Å². The Labute approximate surface area is 172 Å². The number of carboxylic acid groups (broad SMARTS) is 1. The van der Waals surface area contributed by atoms with Gasteiger partial charge in [-0.3, -0.25) is 4.79 Å². The Bertz CT molecular complexity index is 1030. The molecule has 0 aromatic heterocycles. The molecule has 3 N–H and O–H groups in total. The van der Waals surface area contributed by atoms with Crippen LogP contribution in [-0.4, -0.2) is 32.3 Å². The highest BCUT2D eigenvalue weighted by Crippen LogP contribution is 2.45. The molecule has 2 aromatic carbocycles. The molecule has 0 radical (unpaired) electrons. The van der Waals surface area contributed by atoms with Crippen LogP contribution in [-0.2, 0) is 21.1 Å². The summed E-state index contributed by atoms with van der Waals surface area (Å²) in [6.07, 6.45) is 1.97. The van der Waals surface area contributed by atoms with Gasteiger partial charge in [0.1, 0.15) is 0 Å². The van der Waals surface area contributed by atoms with E-state index in [1.807, 2.05) is 24.3 Å². The van der Waals surface area contributed by atoms with Gasteiger partial charge in [-0.2, -0.15) is 0 Å². The third kappa shape index (κ3) is 4.72. The van der Waals surface area contributed by atoms with Crippen molar-refractivity contribution in [2.75, 3.05) is 23.4 Å². The van der Waals surface area contributed by atoms with Crippen molar-refractivity contribution >= 4 is 27.2 Å². The van der Waals surface area contributed by atoms with E-state index in [2.05, 4.69) is 30.5 Å². The minimum Gasteiger partial charge on any atom is -0.481 e. The fourth-order valence-corrected chi connectivity index (χ4v) is 4.42. The van der Waals surface area contributed by atoms with Gasteiger partial charge in [-0.15, -0.1) is 0 Å². The lowest BCUT2D eigenvalue weighted by atomic mass is 9.73. The zero-order chi connectivity index (χ0) is 21.4. The predicted molar refractivity (Wildman–Crippen MR) is 115 cm³/mol. The lowest BCUT2D eigenvalue weighted by Gasteiger charge is -2.41. The fraction of sp³-hybridized carbons (Fsp3) is 0.409. The summed E-state index contributed by atoms with van der Waals surface area (Å²) in [7, 11) is -3.24. The van der Waals surface area contributed by atoms with Crippen molar-refractivity contribution in [3.63, 3.8) is 0 Å². The Morgan fingerprint density at radius 3 is 2.66 bits per heavy atom. The van der Waals surface area contributed by atoms with Crippen molar-refractivity contribution in [2.45, 2.75) is 38.1 Å². The molecule has 3 rings (SSSR count). The molecule has 0 fully saturated rings. The number of anilines is 2. The van der Waals surface area contributed by atoms with E-state index in [0.717, 1.165) is 28.9 Å². The molecular formula is C22H28N2O4S. The quantitative estimate of drug-likeness (QED) is 0.660. The van der Waals surface area contributed by atoms with E-state index in [9.17, 15) is 13.2 Å². The predicted octanol–water partition coefficient (Wildman–Crippen LogP) is 3.96. The van der Waals surface area contributed by atoms with Crippen molar-refractivity contribution < 1.29 is 18.3 Å². The highest BCUT2D eigenvalue weighted by molar-refractivity contribution is 7.90. The highest BCUT2D eigenvalue weighted by Gasteiger charge is 2.36. The normalized spacial score (nSPS) is 19.0. The summed E-state index contributed by atoms with van der Waals surface area (Å²) in [5.74, 6) is -1.30. The van der Waals surface area contributed by atoms with Crippen LogP contribution in [0.1, 0.15) is 37.9 Å². The SMILES string of the molecule is CC(CNc1cccc(C2Nc3ccc(S(C)(=O)=O)cc3CC2(C)C)c1)C(=O)O. The van der Waals surface area contributed by atoms with E-state index in [4.69, 9.17) is 5.11 Å². The summed E-state index contributed by atoms with van der Waals surface area (Å²) in [6.45, 7) is 6.35. The molecular weight excluding hydrogens is 388 g/mol. The molecule has 1 aliphatic rings. The molecule has 0 aliphatic carbocycles. The van der Waals surface area contributed by atoms with Crippen molar-refractivity contribution in [3.8, 4) is 0 Å². The number of hydrogen-bond donors (Lipinski definition) is 3. The van der Waals surface area contributed by atoms with Crippen LogP contribution >= 0.6 is 0 Å². The third-order valence-corrected chi connectivity index (χ3v) is 6.60. The average Bonchev–Trinajstić information content (AvgIpc) is 2.63. The Kier molecular flexibility index (Phi) is 5.63. The van der Waals surface area contributed by atoms with Crippen molar-refractivity contribution in [1.82, 2.24) is 0 Å². The first-order valence-corrected chi connectivity index (χ1v) is 11.5. The summed E-state index contributed by atoms with van der Waals surface area (Å²) >= 11 is 0. The van der Waals surface area contributed by atoms with Gasteiger partial charge >= 0.3 is 5.97 Å². The number of rotatable bonds is 6. The lowest BCUT2D eigenvalue weighted by Crippen LogP contribution is -2.35. The summed E-state index contributed by atoms with van der Waals surface area (Å²) in [4.78, 5) is 11.4. The maximum absolute atomic E-state index is 11.9. The first-order valence-electron chi connectivity index (χ1n) is 9.63. The van der Waals surface area contributed by atoms with Crippen molar-refractivity contribution in [1.29, 1.82) is 0 Å². The second-order valence-electron chi connectivity index (χ2n) is 8.58. The summed E-state index contributed by atoms with van der Waals surface area (Å²) in [5, 5.41) is 15.8. The summed E-state index contributed by atoms with van der Waals surface area (Å²) < 4.78 is 23.8. The molecule has 1 aliphatic heterocycles. The maximum Gasteiger partial charge on any atom is 0.308 e. The van der Waals surface area contributed by atoms with Gasteiger partial charge in [0.2, 0.25) is 0 Å². The molecule has 7 heteroatoms. The average molecular weight is 417 g/mol. The van der Waals surface area contributed by atoms with Gasteiger partial charge in [0.15, 0.2) is 9.84 Å². The molecule has 0 saturated carbocycles. The number of carbonyl (C=O) groups is 1. The standard InChI is InChI=1S/C22H28N2O4S/c1-14(21(25)26)13-23-17-7-5-6-15(10-17)20-22(2,3)12-16-11-18(29(4,27)28)8-9-19(16)24-20/h5-11,14,20,23-24H,12-13H2,1-4H3,(H,25,26). The Morgan fingerprint density at radius 1 is 1.28 bits per heavy atom. The molecule has 156 valence electrons. The van der Waals surface area contributed by atoms with Gasteiger partial charge in [0.05, 0.1) is 16.9 Å². The zero-order valence-electron chi connectivity index (χ0n) is 17.2. The molecule has 2 aromatic rings. The minimum absolute atomic E-state index is 0.0396. The molecule has 0 amide bonds.